The molecular formula is C13H26N2O5S. The number of hydrogen-bond acceptors (Lipinski definition) is 5. The summed E-state index contributed by atoms with van der Waals surface area (Å²) < 4.78 is 30.3. The van der Waals surface area contributed by atoms with Crippen LogP contribution in [-0.2, 0) is 24.3 Å². The summed E-state index contributed by atoms with van der Waals surface area (Å²) in [4.78, 5) is 23.9. The van der Waals surface area contributed by atoms with Gasteiger partial charge in [-0.25, -0.2) is 17.9 Å². The Morgan fingerprint density at radius 2 is 1.81 bits per heavy atom. The highest BCUT2D eigenvalue weighted by Crippen LogP contribution is 2.14. The van der Waals surface area contributed by atoms with E-state index in [1.807, 2.05) is 6.92 Å². The summed E-state index contributed by atoms with van der Waals surface area (Å²) >= 11 is 0. The Morgan fingerprint density at radius 3 is 2.24 bits per heavy atom. The Labute approximate surface area is 126 Å². The zero-order valence-electron chi connectivity index (χ0n) is 13.4. The smallest absolute Gasteiger partial charge is 0.331 e. The molecule has 0 saturated carbocycles. The molecule has 0 rings (SSSR count). The van der Waals surface area contributed by atoms with Crippen molar-refractivity contribution in [2.75, 3.05) is 12.9 Å². The predicted octanol–water partition coefficient (Wildman–Crippen LogP) is 0.552. The molecule has 0 saturated heterocycles. The molecule has 0 aromatic carbocycles. The lowest BCUT2D eigenvalue weighted by atomic mass is 9.96. The first-order chi connectivity index (χ1) is 9.61. The molecule has 0 spiro atoms. The third-order valence-electron chi connectivity index (χ3n) is 3.01. The summed E-state index contributed by atoms with van der Waals surface area (Å²) in [6.45, 7) is 6.61. The number of carbonyl (C=O) groups excluding carboxylic acids is 2. The van der Waals surface area contributed by atoms with Gasteiger partial charge < -0.3 is 10.1 Å². The van der Waals surface area contributed by atoms with Gasteiger partial charge in [0.05, 0.1) is 18.9 Å². The fourth-order valence-electron chi connectivity index (χ4n) is 1.97. The Balaban J connectivity index is 4.88. The van der Waals surface area contributed by atoms with Gasteiger partial charge in [0.15, 0.2) is 0 Å². The molecule has 21 heavy (non-hydrogen) atoms. The molecule has 0 aliphatic rings. The Kier molecular flexibility index (Phi) is 7.87. The van der Waals surface area contributed by atoms with Gasteiger partial charge in [-0.05, 0) is 26.7 Å². The summed E-state index contributed by atoms with van der Waals surface area (Å²) in [5.41, 5.74) is -1.16. The van der Waals surface area contributed by atoms with Gasteiger partial charge in [-0.1, -0.05) is 20.3 Å². The van der Waals surface area contributed by atoms with Gasteiger partial charge in [-0.3, -0.25) is 4.79 Å². The second-order valence-corrected chi connectivity index (χ2v) is 7.09. The van der Waals surface area contributed by atoms with Crippen molar-refractivity contribution in [3.8, 4) is 0 Å². The Bertz CT molecular complexity index is 463. The van der Waals surface area contributed by atoms with Gasteiger partial charge in [0.1, 0.15) is 5.54 Å². The maximum atomic E-state index is 12.1. The fourth-order valence-corrected chi connectivity index (χ4v) is 3.27. The monoisotopic (exact) mass is 322 g/mol. The van der Waals surface area contributed by atoms with Crippen molar-refractivity contribution in [2.24, 2.45) is 0 Å². The number of hydrogen-bond donors (Lipinski definition) is 2. The molecule has 0 radical (unpaired) electrons. The lowest BCUT2D eigenvalue weighted by Gasteiger charge is -2.29. The van der Waals surface area contributed by atoms with Gasteiger partial charge in [-0.2, -0.15) is 0 Å². The topological polar surface area (TPSA) is 102 Å². The van der Waals surface area contributed by atoms with E-state index in [-0.39, 0.29) is 5.75 Å². The van der Waals surface area contributed by atoms with Crippen molar-refractivity contribution in [3.63, 3.8) is 0 Å². The molecule has 0 aliphatic heterocycles. The number of carbonyl (C=O) groups is 2. The van der Waals surface area contributed by atoms with Gasteiger partial charge in [0.25, 0.3) is 0 Å². The number of rotatable bonds is 9. The molecule has 0 bridgehead atoms. The summed E-state index contributed by atoms with van der Waals surface area (Å²) in [5.74, 6) is -1.16. The van der Waals surface area contributed by atoms with Crippen LogP contribution in [0.2, 0.25) is 0 Å². The number of methoxy groups -OCH3 is 1. The van der Waals surface area contributed by atoms with Crippen LogP contribution in [0, 0.1) is 0 Å². The van der Waals surface area contributed by atoms with Crippen molar-refractivity contribution >= 4 is 21.9 Å². The number of ether oxygens (including phenoxy) is 1. The second kappa shape index (κ2) is 8.33. The third kappa shape index (κ3) is 6.43. The van der Waals surface area contributed by atoms with Crippen LogP contribution in [0.4, 0.5) is 0 Å². The molecule has 1 amide bonds. The molecule has 0 heterocycles. The van der Waals surface area contributed by atoms with Crippen molar-refractivity contribution in [1.82, 2.24) is 10.0 Å². The summed E-state index contributed by atoms with van der Waals surface area (Å²) in [6.07, 6.45) is 1.53. The first-order valence-corrected chi connectivity index (χ1v) is 8.67. The largest absolute Gasteiger partial charge is 0.467 e. The van der Waals surface area contributed by atoms with E-state index in [2.05, 4.69) is 10.0 Å². The van der Waals surface area contributed by atoms with Gasteiger partial charge >= 0.3 is 5.97 Å². The first kappa shape index (κ1) is 19.9. The molecule has 0 aromatic heterocycles. The molecule has 8 heteroatoms. The van der Waals surface area contributed by atoms with Crippen LogP contribution in [0.15, 0.2) is 0 Å². The minimum Gasteiger partial charge on any atom is -0.467 e. The molecular weight excluding hydrogens is 296 g/mol. The van der Waals surface area contributed by atoms with Gasteiger partial charge in [0.2, 0.25) is 15.9 Å². The van der Waals surface area contributed by atoms with E-state index in [0.717, 1.165) is 0 Å². The molecule has 124 valence electrons. The van der Waals surface area contributed by atoms with Crippen molar-refractivity contribution < 1.29 is 22.7 Å². The molecule has 0 fully saturated rings. The summed E-state index contributed by atoms with van der Waals surface area (Å²) in [7, 11) is -2.25. The molecule has 2 N–H and O–H groups in total. The fraction of sp³-hybridized carbons (Fsp3) is 0.846. The van der Waals surface area contributed by atoms with Crippen LogP contribution in [0.1, 0.15) is 47.0 Å². The van der Waals surface area contributed by atoms with E-state index in [9.17, 15) is 18.0 Å². The van der Waals surface area contributed by atoms with Crippen LogP contribution < -0.4 is 10.0 Å². The average Bonchev–Trinajstić information content (AvgIpc) is 2.36. The highest BCUT2D eigenvalue weighted by Gasteiger charge is 2.36. The van der Waals surface area contributed by atoms with E-state index >= 15 is 0 Å². The van der Waals surface area contributed by atoms with Crippen LogP contribution in [0.5, 0.6) is 0 Å². The predicted molar refractivity (Wildman–Crippen MR) is 80.1 cm³/mol. The van der Waals surface area contributed by atoms with Crippen LogP contribution >= 0.6 is 0 Å². The number of nitrogens with one attached hydrogen (secondary N) is 2. The third-order valence-corrected chi connectivity index (χ3v) is 4.67. The van der Waals surface area contributed by atoms with E-state index < -0.39 is 33.5 Å². The van der Waals surface area contributed by atoms with E-state index in [1.165, 1.54) is 14.0 Å². The van der Waals surface area contributed by atoms with Crippen LogP contribution in [0.25, 0.3) is 0 Å². The van der Waals surface area contributed by atoms with Gasteiger partial charge in [-0.15, -0.1) is 0 Å². The number of esters is 1. The summed E-state index contributed by atoms with van der Waals surface area (Å²) in [5, 5.41) is 2.57. The Hall–Kier alpha value is -1.15. The lowest BCUT2D eigenvalue weighted by Crippen LogP contribution is -2.57. The molecule has 0 aromatic rings. The number of sulfonamides is 1. The highest BCUT2D eigenvalue weighted by atomic mass is 32.2. The normalized spacial score (nSPS) is 15.9. The first-order valence-electron chi connectivity index (χ1n) is 7.02. The maximum Gasteiger partial charge on any atom is 0.331 e. The van der Waals surface area contributed by atoms with Crippen LogP contribution in [-0.4, -0.2) is 44.7 Å². The van der Waals surface area contributed by atoms with E-state index in [4.69, 9.17) is 4.74 Å². The van der Waals surface area contributed by atoms with Crippen LogP contribution in [0.3, 0.4) is 0 Å². The molecule has 7 nitrogen and oxygen atoms in total. The van der Waals surface area contributed by atoms with Crippen molar-refractivity contribution in [3.05, 3.63) is 0 Å². The van der Waals surface area contributed by atoms with Crippen molar-refractivity contribution in [1.29, 1.82) is 0 Å². The minimum atomic E-state index is -3.50. The highest BCUT2D eigenvalue weighted by molar-refractivity contribution is 7.89. The minimum absolute atomic E-state index is 0.0478. The summed E-state index contributed by atoms with van der Waals surface area (Å²) in [6, 6.07) is -0.956. The lowest BCUT2D eigenvalue weighted by molar-refractivity contribution is -0.150. The van der Waals surface area contributed by atoms with Gasteiger partial charge in [0, 0.05) is 0 Å². The quantitative estimate of drug-likeness (QED) is 0.604. The molecule has 2 atom stereocenters. The second-order valence-electron chi connectivity index (χ2n) is 5.22. The molecule has 0 aliphatic carbocycles. The standard InChI is InChI=1S/C13H26N2O5S/c1-6-8-13(4,12(17)20-5)14-11(16)10(3)15-21(18,19)9-7-2/h10,15H,6-9H2,1-5H3,(H,14,16). The van der Waals surface area contributed by atoms with E-state index in [0.29, 0.717) is 19.3 Å². The average molecular weight is 322 g/mol. The maximum absolute atomic E-state index is 12.1. The van der Waals surface area contributed by atoms with E-state index in [1.54, 1.807) is 13.8 Å². The zero-order valence-corrected chi connectivity index (χ0v) is 14.2. The Morgan fingerprint density at radius 1 is 1.24 bits per heavy atom. The molecule has 2 unspecified atom stereocenters. The number of amides is 1. The zero-order chi connectivity index (χ0) is 16.7. The van der Waals surface area contributed by atoms with Crippen molar-refractivity contribution in [2.45, 2.75) is 58.5 Å². The SMILES string of the molecule is CCCC(C)(NC(=O)C(C)NS(=O)(=O)CCC)C(=O)OC.